The van der Waals surface area contributed by atoms with Crippen LogP contribution in [-0.4, -0.2) is 34.7 Å². The number of thiocarbonyl (C=S) groups is 1. The lowest BCUT2D eigenvalue weighted by Crippen LogP contribution is -2.34. The summed E-state index contributed by atoms with van der Waals surface area (Å²) in [6, 6.07) is 11.9. The molecule has 0 aliphatic rings. The van der Waals surface area contributed by atoms with Crippen LogP contribution >= 0.6 is 23.6 Å². The second-order valence-corrected chi connectivity index (χ2v) is 7.96. The zero-order valence-electron chi connectivity index (χ0n) is 16.7. The third-order valence-corrected chi connectivity index (χ3v) is 4.97. The van der Waals surface area contributed by atoms with Crippen LogP contribution in [-0.2, 0) is 4.74 Å². The Kier molecular flexibility index (Phi) is 6.96. The molecule has 0 fully saturated rings. The van der Waals surface area contributed by atoms with E-state index < -0.39 is 0 Å². The Morgan fingerprint density at radius 2 is 1.83 bits per heavy atom. The summed E-state index contributed by atoms with van der Waals surface area (Å²) in [5.41, 5.74) is 1.63. The molecule has 0 saturated heterocycles. The number of rotatable bonds is 6. The highest BCUT2D eigenvalue weighted by molar-refractivity contribution is 7.80. The number of benzene rings is 2. The third-order valence-electron chi connectivity index (χ3n) is 3.84. The third kappa shape index (κ3) is 5.52. The van der Waals surface area contributed by atoms with E-state index in [-0.39, 0.29) is 23.1 Å². The number of nitrogens with zero attached hydrogens (tertiary/aromatic N) is 1. The quantitative estimate of drug-likeness (QED) is 0.431. The molecule has 0 bridgehead atoms. The lowest BCUT2D eigenvalue weighted by atomic mass is 10.2. The number of nitrogens with one attached hydrogen (secondary N) is 2. The Morgan fingerprint density at radius 3 is 2.50 bits per heavy atom. The van der Waals surface area contributed by atoms with Crippen molar-refractivity contribution in [1.29, 1.82) is 0 Å². The van der Waals surface area contributed by atoms with Crippen molar-refractivity contribution in [2.24, 2.45) is 0 Å². The van der Waals surface area contributed by atoms with Crippen LogP contribution < -0.4 is 15.4 Å². The maximum absolute atomic E-state index is 12.4. The molecule has 0 radical (unpaired) electrons. The van der Waals surface area contributed by atoms with E-state index in [1.807, 2.05) is 13.8 Å². The van der Waals surface area contributed by atoms with Crippen molar-refractivity contribution in [3.8, 4) is 5.75 Å². The Hall–Kier alpha value is -3.04. The van der Waals surface area contributed by atoms with Crippen molar-refractivity contribution < 1.29 is 19.1 Å². The highest BCUT2D eigenvalue weighted by atomic mass is 32.1. The van der Waals surface area contributed by atoms with Gasteiger partial charge in [0.1, 0.15) is 5.75 Å². The van der Waals surface area contributed by atoms with E-state index in [1.165, 1.54) is 11.3 Å². The van der Waals surface area contributed by atoms with Gasteiger partial charge in [0.15, 0.2) is 10.2 Å². The molecule has 7 nitrogen and oxygen atoms in total. The van der Waals surface area contributed by atoms with Crippen molar-refractivity contribution in [1.82, 2.24) is 10.3 Å². The summed E-state index contributed by atoms with van der Waals surface area (Å²) in [4.78, 5) is 28.7. The number of ether oxygens (including phenoxy) is 2. The zero-order valence-corrected chi connectivity index (χ0v) is 18.4. The van der Waals surface area contributed by atoms with Gasteiger partial charge in [-0.25, -0.2) is 9.78 Å². The molecule has 0 unspecified atom stereocenters. The molecule has 30 heavy (non-hydrogen) atoms. The molecule has 2 aromatic carbocycles. The number of hydrogen-bond donors (Lipinski definition) is 2. The van der Waals surface area contributed by atoms with Gasteiger partial charge in [-0.3, -0.25) is 10.1 Å². The zero-order chi connectivity index (χ0) is 21.7. The summed E-state index contributed by atoms with van der Waals surface area (Å²) in [5.74, 6) is -0.0249. The molecular weight excluding hydrogens is 422 g/mol. The maximum atomic E-state index is 12.4. The fourth-order valence-corrected chi connectivity index (χ4v) is 3.74. The fraction of sp³-hybridized carbons (Fsp3) is 0.238. The molecule has 0 atom stereocenters. The van der Waals surface area contributed by atoms with Crippen LogP contribution in [0, 0.1) is 0 Å². The topological polar surface area (TPSA) is 89.5 Å². The summed E-state index contributed by atoms with van der Waals surface area (Å²) in [6.07, 6.45) is 0.0589. The van der Waals surface area contributed by atoms with Gasteiger partial charge < -0.3 is 14.8 Å². The minimum absolute atomic E-state index is 0.0589. The number of amides is 1. The number of fused-ring (bicyclic) bond motifs is 1. The lowest BCUT2D eigenvalue weighted by molar-refractivity contribution is 0.0526. The van der Waals surface area contributed by atoms with Gasteiger partial charge in [0.2, 0.25) is 0 Å². The SMILES string of the molecule is CCOC(=O)c1ccc2nc(NC(=S)NC(=O)c3ccc(OC(C)C)cc3)sc2c1. The number of carbonyl (C=O) groups excluding carboxylic acids is 2. The molecule has 0 saturated carbocycles. The molecule has 1 amide bonds. The number of aromatic nitrogens is 1. The first-order valence-electron chi connectivity index (χ1n) is 9.32. The van der Waals surface area contributed by atoms with Gasteiger partial charge in [0.05, 0.1) is 28.5 Å². The van der Waals surface area contributed by atoms with Crippen molar-refractivity contribution in [2.45, 2.75) is 26.9 Å². The van der Waals surface area contributed by atoms with Gasteiger partial charge in [0, 0.05) is 5.56 Å². The summed E-state index contributed by atoms with van der Waals surface area (Å²) in [6.45, 7) is 5.94. The second-order valence-electron chi connectivity index (χ2n) is 6.52. The number of esters is 1. The van der Waals surface area contributed by atoms with Crippen molar-refractivity contribution >= 4 is 55.9 Å². The van der Waals surface area contributed by atoms with Gasteiger partial charge in [-0.2, -0.15) is 0 Å². The molecule has 1 heterocycles. The van der Waals surface area contributed by atoms with Crippen LogP contribution in [0.15, 0.2) is 42.5 Å². The van der Waals surface area contributed by atoms with Crippen molar-refractivity contribution in [3.63, 3.8) is 0 Å². The van der Waals surface area contributed by atoms with E-state index in [2.05, 4.69) is 15.6 Å². The summed E-state index contributed by atoms with van der Waals surface area (Å²) in [5, 5.41) is 6.18. The molecule has 1 aromatic heterocycles. The minimum atomic E-state index is -0.380. The van der Waals surface area contributed by atoms with Crippen LogP contribution in [0.2, 0.25) is 0 Å². The minimum Gasteiger partial charge on any atom is -0.491 e. The van der Waals surface area contributed by atoms with Gasteiger partial charge in [-0.15, -0.1) is 0 Å². The van der Waals surface area contributed by atoms with E-state index >= 15 is 0 Å². The lowest BCUT2D eigenvalue weighted by Gasteiger charge is -2.10. The van der Waals surface area contributed by atoms with Crippen LogP contribution in [0.25, 0.3) is 10.2 Å². The van der Waals surface area contributed by atoms with Gasteiger partial charge in [-0.1, -0.05) is 11.3 Å². The fourth-order valence-electron chi connectivity index (χ4n) is 2.58. The molecular formula is C21H21N3O4S2. The largest absolute Gasteiger partial charge is 0.491 e. The number of hydrogen-bond acceptors (Lipinski definition) is 7. The van der Waals surface area contributed by atoms with Crippen LogP contribution in [0.4, 0.5) is 5.13 Å². The maximum Gasteiger partial charge on any atom is 0.338 e. The van der Waals surface area contributed by atoms with E-state index in [9.17, 15) is 9.59 Å². The smallest absolute Gasteiger partial charge is 0.338 e. The van der Waals surface area contributed by atoms with E-state index in [1.54, 1.807) is 49.4 Å². The van der Waals surface area contributed by atoms with Gasteiger partial charge >= 0.3 is 5.97 Å². The second kappa shape index (κ2) is 9.64. The van der Waals surface area contributed by atoms with Gasteiger partial charge in [0.25, 0.3) is 5.91 Å². The van der Waals surface area contributed by atoms with E-state index in [0.717, 1.165) is 4.70 Å². The number of anilines is 1. The van der Waals surface area contributed by atoms with Crippen molar-refractivity contribution in [3.05, 3.63) is 53.6 Å². The first-order valence-corrected chi connectivity index (χ1v) is 10.5. The van der Waals surface area contributed by atoms with E-state index in [4.69, 9.17) is 21.7 Å². The Bertz CT molecular complexity index is 1080. The highest BCUT2D eigenvalue weighted by Crippen LogP contribution is 2.27. The highest BCUT2D eigenvalue weighted by Gasteiger charge is 2.13. The first kappa shape index (κ1) is 21.7. The van der Waals surface area contributed by atoms with Crippen LogP contribution in [0.3, 0.4) is 0 Å². The van der Waals surface area contributed by atoms with E-state index in [0.29, 0.717) is 34.1 Å². The number of carbonyl (C=O) groups is 2. The predicted octanol–water partition coefficient (Wildman–Crippen LogP) is 4.39. The molecule has 0 aliphatic carbocycles. The average Bonchev–Trinajstić information content (AvgIpc) is 3.09. The summed E-state index contributed by atoms with van der Waals surface area (Å²) >= 11 is 6.55. The molecule has 0 spiro atoms. The monoisotopic (exact) mass is 443 g/mol. The van der Waals surface area contributed by atoms with Crippen molar-refractivity contribution in [2.75, 3.05) is 11.9 Å². The van der Waals surface area contributed by atoms with Crippen LogP contribution in [0.5, 0.6) is 5.75 Å². The van der Waals surface area contributed by atoms with Crippen LogP contribution in [0.1, 0.15) is 41.5 Å². The molecule has 3 rings (SSSR count). The van der Waals surface area contributed by atoms with Gasteiger partial charge in [-0.05, 0) is 75.5 Å². The molecule has 2 N–H and O–H groups in total. The molecule has 0 aliphatic heterocycles. The predicted molar refractivity (Wildman–Crippen MR) is 121 cm³/mol. The normalized spacial score (nSPS) is 10.7. The summed E-state index contributed by atoms with van der Waals surface area (Å²) in [7, 11) is 0. The summed E-state index contributed by atoms with van der Waals surface area (Å²) < 4.78 is 11.4. The molecule has 9 heteroatoms. The molecule has 156 valence electrons. The first-order chi connectivity index (χ1) is 14.4. The molecule has 3 aromatic rings. The standard InChI is InChI=1S/C21H21N3O4S2/c1-4-27-19(26)14-7-10-16-17(11-14)30-21(22-16)24-20(29)23-18(25)13-5-8-15(9-6-13)28-12(2)3/h5-12H,4H2,1-3H3,(H2,22,23,24,25,29). The Labute approximate surface area is 183 Å². The Balaban J connectivity index is 1.63. The number of thiazole rings is 1. The Morgan fingerprint density at radius 1 is 1.13 bits per heavy atom. The average molecular weight is 444 g/mol.